The van der Waals surface area contributed by atoms with E-state index in [1.807, 2.05) is 0 Å². The number of benzene rings is 1. The van der Waals surface area contributed by atoms with Crippen molar-refractivity contribution >= 4 is 28.9 Å². The van der Waals surface area contributed by atoms with Crippen LogP contribution in [-0.4, -0.2) is 41.9 Å². The van der Waals surface area contributed by atoms with E-state index in [9.17, 15) is 4.79 Å². The maximum absolute atomic E-state index is 12.6. The molecule has 0 saturated carbocycles. The van der Waals surface area contributed by atoms with E-state index in [1.165, 1.54) is 4.68 Å². The molecule has 2 saturated heterocycles. The van der Waals surface area contributed by atoms with Crippen molar-refractivity contribution in [3.05, 3.63) is 50.9 Å². The molecule has 0 atom stereocenters. The van der Waals surface area contributed by atoms with E-state index in [-0.39, 0.29) is 10.6 Å². The highest BCUT2D eigenvalue weighted by Gasteiger charge is 2.40. The van der Waals surface area contributed by atoms with Crippen LogP contribution >= 0.6 is 23.2 Å². The molecule has 25 heavy (non-hydrogen) atoms. The second kappa shape index (κ2) is 6.61. The van der Waals surface area contributed by atoms with Crippen molar-refractivity contribution in [3.8, 4) is 5.69 Å². The third kappa shape index (κ3) is 3.15. The molecular formula is C17H17Cl2N3O3. The Morgan fingerprint density at radius 1 is 1.04 bits per heavy atom. The van der Waals surface area contributed by atoms with Crippen LogP contribution in [0.3, 0.4) is 0 Å². The maximum Gasteiger partial charge on any atom is 0.292 e. The molecule has 0 bridgehead atoms. The number of hydrogen-bond acceptors (Lipinski definition) is 5. The molecule has 4 rings (SSSR count). The Bertz CT molecular complexity index is 822. The Morgan fingerprint density at radius 3 is 2.32 bits per heavy atom. The van der Waals surface area contributed by atoms with Gasteiger partial charge in [0.1, 0.15) is 5.02 Å². The Balaban J connectivity index is 1.59. The van der Waals surface area contributed by atoms with Gasteiger partial charge in [0.25, 0.3) is 5.56 Å². The van der Waals surface area contributed by atoms with E-state index in [0.717, 1.165) is 12.8 Å². The first-order valence-corrected chi connectivity index (χ1v) is 8.90. The summed E-state index contributed by atoms with van der Waals surface area (Å²) in [5, 5.41) is 5.03. The molecule has 8 heteroatoms. The van der Waals surface area contributed by atoms with Crippen LogP contribution in [-0.2, 0) is 9.47 Å². The fourth-order valence-corrected chi connectivity index (χ4v) is 3.66. The topological polar surface area (TPSA) is 56.6 Å². The van der Waals surface area contributed by atoms with E-state index >= 15 is 0 Å². The summed E-state index contributed by atoms with van der Waals surface area (Å²) in [4.78, 5) is 14.7. The zero-order chi connectivity index (χ0) is 17.4. The Hall–Kier alpha value is -1.60. The highest BCUT2D eigenvalue weighted by molar-refractivity contribution is 6.33. The van der Waals surface area contributed by atoms with Gasteiger partial charge >= 0.3 is 0 Å². The van der Waals surface area contributed by atoms with E-state index in [1.54, 1.807) is 30.5 Å². The predicted molar refractivity (Wildman–Crippen MR) is 95.9 cm³/mol. The number of rotatable bonds is 2. The van der Waals surface area contributed by atoms with Crippen molar-refractivity contribution in [2.45, 2.75) is 18.6 Å². The lowest BCUT2D eigenvalue weighted by atomic mass is 10.0. The van der Waals surface area contributed by atoms with Gasteiger partial charge in [-0.25, -0.2) is 0 Å². The normalized spacial score (nSPS) is 19.5. The average molecular weight is 382 g/mol. The molecule has 1 aromatic carbocycles. The second-order valence-corrected chi connectivity index (χ2v) is 6.95. The zero-order valence-electron chi connectivity index (χ0n) is 13.5. The molecule has 2 fully saturated rings. The van der Waals surface area contributed by atoms with Crippen LogP contribution < -0.4 is 10.5 Å². The summed E-state index contributed by atoms with van der Waals surface area (Å²) in [6, 6.07) is 6.87. The summed E-state index contributed by atoms with van der Waals surface area (Å²) >= 11 is 12.2. The Morgan fingerprint density at radius 2 is 1.68 bits per heavy atom. The summed E-state index contributed by atoms with van der Waals surface area (Å²) in [5.74, 6) is -0.464. The van der Waals surface area contributed by atoms with Crippen molar-refractivity contribution < 1.29 is 9.47 Å². The number of anilines is 1. The molecule has 1 aromatic heterocycles. The van der Waals surface area contributed by atoms with Gasteiger partial charge in [0.05, 0.1) is 30.8 Å². The summed E-state index contributed by atoms with van der Waals surface area (Å²) < 4.78 is 12.7. The lowest BCUT2D eigenvalue weighted by Gasteiger charge is -2.38. The molecule has 0 N–H and O–H groups in total. The van der Waals surface area contributed by atoms with Gasteiger partial charge in [-0.15, -0.1) is 0 Å². The average Bonchev–Trinajstić information content (AvgIpc) is 3.07. The van der Waals surface area contributed by atoms with Crippen molar-refractivity contribution in [2.24, 2.45) is 0 Å². The maximum atomic E-state index is 12.6. The van der Waals surface area contributed by atoms with Crippen LogP contribution in [0.15, 0.2) is 35.3 Å². The number of ether oxygens (including phenoxy) is 2. The highest BCUT2D eigenvalue weighted by Crippen LogP contribution is 2.34. The standard InChI is InChI=1S/C17H17Cl2N3O3/c18-12-1-3-13(4-2-12)22-16(23)15(19)14(11-20-22)21-7-5-17(6-8-21)24-9-10-25-17/h1-4,11H,5-10H2. The molecule has 2 aromatic rings. The number of halogens is 2. The molecule has 2 aliphatic rings. The number of piperidine rings is 1. The van der Waals surface area contributed by atoms with Crippen LogP contribution in [0.1, 0.15) is 12.8 Å². The predicted octanol–water partition coefficient (Wildman–Crippen LogP) is 2.88. The minimum Gasteiger partial charge on any atom is -0.368 e. The first-order valence-electron chi connectivity index (χ1n) is 8.15. The first-order chi connectivity index (χ1) is 12.1. The fourth-order valence-electron chi connectivity index (χ4n) is 3.28. The minimum absolute atomic E-state index is 0.161. The molecule has 132 valence electrons. The second-order valence-electron chi connectivity index (χ2n) is 6.13. The largest absolute Gasteiger partial charge is 0.368 e. The lowest BCUT2D eigenvalue weighted by molar-refractivity contribution is -0.169. The molecule has 1 spiro atoms. The van der Waals surface area contributed by atoms with Gasteiger partial charge in [-0.1, -0.05) is 23.2 Å². The van der Waals surface area contributed by atoms with Crippen molar-refractivity contribution in [3.63, 3.8) is 0 Å². The molecule has 2 aliphatic heterocycles. The van der Waals surface area contributed by atoms with Crippen LogP contribution in [0.5, 0.6) is 0 Å². The SMILES string of the molecule is O=c1c(Cl)c(N2CCC3(CC2)OCCO3)cnn1-c1ccc(Cl)cc1. The summed E-state index contributed by atoms with van der Waals surface area (Å²) in [6.07, 6.45) is 3.11. The van der Waals surface area contributed by atoms with E-state index < -0.39 is 5.79 Å². The van der Waals surface area contributed by atoms with Gasteiger partial charge in [0.2, 0.25) is 0 Å². The van der Waals surface area contributed by atoms with E-state index in [4.69, 9.17) is 32.7 Å². The third-order valence-corrected chi connectivity index (χ3v) is 5.26. The van der Waals surface area contributed by atoms with Crippen LogP contribution in [0.2, 0.25) is 10.0 Å². The fraction of sp³-hybridized carbons (Fsp3) is 0.412. The van der Waals surface area contributed by atoms with Crippen molar-refractivity contribution in [1.82, 2.24) is 9.78 Å². The Labute approximate surface area is 154 Å². The van der Waals surface area contributed by atoms with Crippen LogP contribution in [0.25, 0.3) is 5.69 Å². The smallest absolute Gasteiger partial charge is 0.292 e. The van der Waals surface area contributed by atoms with Gasteiger partial charge in [0.15, 0.2) is 5.79 Å². The molecule has 0 amide bonds. The van der Waals surface area contributed by atoms with Gasteiger partial charge in [0, 0.05) is 31.0 Å². The van der Waals surface area contributed by atoms with Gasteiger partial charge in [-0.3, -0.25) is 4.79 Å². The number of aromatic nitrogens is 2. The van der Waals surface area contributed by atoms with Gasteiger partial charge < -0.3 is 14.4 Å². The van der Waals surface area contributed by atoms with E-state index in [2.05, 4.69) is 10.00 Å². The molecule has 0 unspecified atom stereocenters. The molecule has 6 nitrogen and oxygen atoms in total. The monoisotopic (exact) mass is 381 g/mol. The Kier molecular flexibility index (Phi) is 4.45. The summed E-state index contributed by atoms with van der Waals surface area (Å²) in [6.45, 7) is 2.68. The summed E-state index contributed by atoms with van der Waals surface area (Å²) in [5.41, 5.74) is 0.910. The number of nitrogens with zero attached hydrogens (tertiary/aromatic N) is 3. The summed E-state index contributed by atoms with van der Waals surface area (Å²) in [7, 11) is 0. The number of hydrogen-bond donors (Lipinski definition) is 0. The van der Waals surface area contributed by atoms with Gasteiger partial charge in [-0.05, 0) is 24.3 Å². The van der Waals surface area contributed by atoms with Gasteiger partial charge in [-0.2, -0.15) is 9.78 Å². The molecule has 0 aliphatic carbocycles. The van der Waals surface area contributed by atoms with Crippen LogP contribution in [0, 0.1) is 0 Å². The molecule has 3 heterocycles. The molecule has 0 radical (unpaired) electrons. The third-order valence-electron chi connectivity index (χ3n) is 4.65. The minimum atomic E-state index is -0.464. The highest BCUT2D eigenvalue weighted by atomic mass is 35.5. The molecular weight excluding hydrogens is 365 g/mol. The quantitative estimate of drug-likeness (QED) is 0.800. The van der Waals surface area contributed by atoms with Crippen molar-refractivity contribution in [2.75, 3.05) is 31.2 Å². The van der Waals surface area contributed by atoms with Crippen LogP contribution in [0.4, 0.5) is 5.69 Å². The van der Waals surface area contributed by atoms with Crippen molar-refractivity contribution in [1.29, 1.82) is 0 Å². The lowest BCUT2D eigenvalue weighted by Crippen LogP contribution is -2.45. The first kappa shape index (κ1) is 16.8. The van der Waals surface area contributed by atoms with E-state index in [0.29, 0.717) is 42.7 Å². The zero-order valence-corrected chi connectivity index (χ0v) is 15.0.